The Morgan fingerprint density at radius 1 is 1.47 bits per heavy atom. The summed E-state index contributed by atoms with van der Waals surface area (Å²) in [6, 6.07) is 2.32. The molecule has 1 N–H and O–H groups in total. The zero-order chi connectivity index (χ0) is 10.7. The predicted molar refractivity (Wildman–Crippen MR) is 58.2 cm³/mol. The molecule has 15 heavy (non-hydrogen) atoms. The van der Waals surface area contributed by atoms with E-state index in [1.54, 1.807) is 6.20 Å². The number of hydrogen-bond acceptors (Lipinski definition) is 4. The second-order valence-electron chi connectivity index (χ2n) is 4.10. The van der Waals surface area contributed by atoms with Gasteiger partial charge in [-0.1, -0.05) is 19.3 Å². The molecule has 3 nitrogen and oxygen atoms in total. The highest BCUT2D eigenvalue weighted by Crippen LogP contribution is 2.45. The van der Waals surface area contributed by atoms with E-state index < -0.39 is 11.5 Å². The van der Waals surface area contributed by atoms with Crippen molar-refractivity contribution in [1.82, 2.24) is 4.98 Å². The summed E-state index contributed by atoms with van der Waals surface area (Å²) >= 11 is 1.43. The highest BCUT2D eigenvalue weighted by atomic mass is 32.1. The van der Waals surface area contributed by atoms with E-state index in [1.807, 2.05) is 5.38 Å². The Morgan fingerprint density at radius 3 is 2.73 bits per heavy atom. The number of rotatable bonds is 2. The largest absolute Gasteiger partial charge is 0.384 e. The first-order chi connectivity index (χ1) is 7.28. The molecule has 0 amide bonds. The quantitative estimate of drug-likeness (QED) is 0.837. The van der Waals surface area contributed by atoms with Crippen LogP contribution in [0.3, 0.4) is 0 Å². The standard InChI is InChI=1S/C11H14N2OS/c12-8-11(4-2-1-3-5-11)9(14)10-13-6-7-15-10/h6-7,9,14H,1-5H2. The van der Waals surface area contributed by atoms with E-state index in [0.717, 1.165) is 25.7 Å². The summed E-state index contributed by atoms with van der Waals surface area (Å²) in [7, 11) is 0. The first-order valence-corrected chi connectivity index (χ1v) is 6.15. The highest BCUT2D eigenvalue weighted by molar-refractivity contribution is 7.09. The van der Waals surface area contributed by atoms with Crippen LogP contribution in [0.15, 0.2) is 11.6 Å². The monoisotopic (exact) mass is 222 g/mol. The van der Waals surface area contributed by atoms with Crippen molar-refractivity contribution in [3.63, 3.8) is 0 Å². The number of aliphatic hydroxyl groups excluding tert-OH is 1. The van der Waals surface area contributed by atoms with E-state index in [-0.39, 0.29) is 0 Å². The van der Waals surface area contributed by atoms with Crippen LogP contribution in [0.2, 0.25) is 0 Å². The summed E-state index contributed by atoms with van der Waals surface area (Å²) in [5, 5.41) is 22.0. The Labute approximate surface area is 93.4 Å². The van der Waals surface area contributed by atoms with Crippen molar-refractivity contribution in [2.45, 2.75) is 38.2 Å². The first kappa shape index (κ1) is 10.6. The molecule has 80 valence electrons. The minimum atomic E-state index is -0.706. The van der Waals surface area contributed by atoms with Gasteiger partial charge < -0.3 is 5.11 Å². The number of nitriles is 1. The topological polar surface area (TPSA) is 56.9 Å². The van der Waals surface area contributed by atoms with Gasteiger partial charge in [-0.2, -0.15) is 5.26 Å². The van der Waals surface area contributed by atoms with E-state index in [1.165, 1.54) is 17.8 Å². The van der Waals surface area contributed by atoms with Gasteiger partial charge in [-0.15, -0.1) is 11.3 Å². The van der Waals surface area contributed by atoms with Crippen LogP contribution in [0.25, 0.3) is 0 Å². The van der Waals surface area contributed by atoms with Gasteiger partial charge in [-0.05, 0) is 12.8 Å². The number of hydrogen-bond donors (Lipinski definition) is 1. The second-order valence-corrected chi connectivity index (χ2v) is 5.03. The summed E-state index contributed by atoms with van der Waals surface area (Å²) in [5.41, 5.74) is -0.587. The summed E-state index contributed by atoms with van der Waals surface area (Å²) in [5.74, 6) is 0. The zero-order valence-electron chi connectivity index (χ0n) is 8.52. The molecule has 1 fully saturated rings. The van der Waals surface area contributed by atoms with Crippen LogP contribution in [0, 0.1) is 16.7 Å². The molecule has 0 saturated heterocycles. The SMILES string of the molecule is N#CC1(C(O)c2nccs2)CCCCC1. The lowest BCUT2D eigenvalue weighted by atomic mass is 9.71. The van der Waals surface area contributed by atoms with Crippen molar-refractivity contribution in [2.75, 3.05) is 0 Å². The van der Waals surface area contributed by atoms with Gasteiger partial charge in [0.15, 0.2) is 0 Å². The van der Waals surface area contributed by atoms with E-state index >= 15 is 0 Å². The minimum Gasteiger partial charge on any atom is -0.384 e. The van der Waals surface area contributed by atoms with Crippen LogP contribution >= 0.6 is 11.3 Å². The van der Waals surface area contributed by atoms with Gasteiger partial charge >= 0.3 is 0 Å². The van der Waals surface area contributed by atoms with Crippen molar-refractivity contribution < 1.29 is 5.11 Å². The maximum absolute atomic E-state index is 10.2. The molecule has 0 bridgehead atoms. The van der Waals surface area contributed by atoms with Gasteiger partial charge in [0.1, 0.15) is 11.1 Å². The molecule has 1 saturated carbocycles. The molecule has 0 radical (unpaired) electrons. The van der Waals surface area contributed by atoms with Crippen molar-refractivity contribution >= 4 is 11.3 Å². The molecule has 1 heterocycles. The predicted octanol–water partition coefficient (Wildman–Crippen LogP) is 2.65. The molecule has 0 aromatic carbocycles. The van der Waals surface area contributed by atoms with Crippen LogP contribution in [0.1, 0.15) is 43.2 Å². The van der Waals surface area contributed by atoms with E-state index in [9.17, 15) is 10.4 Å². The lowest BCUT2D eigenvalue weighted by molar-refractivity contribution is 0.0358. The Hall–Kier alpha value is -0.920. The summed E-state index contributed by atoms with van der Waals surface area (Å²) in [6.07, 6.45) is 5.81. The number of nitrogens with zero attached hydrogens (tertiary/aromatic N) is 2. The fraction of sp³-hybridized carbons (Fsp3) is 0.636. The fourth-order valence-electron chi connectivity index (χ4n) is 2.23. The number of thiazole rings is 1. The van der Waals surface area contributed by atoms with E-state index in [4.69, 9.17) is 0 Å². The van der Waals surface area contributed by atoms with Crippen molar-refractivity contribution in [3.05, 3.63) is 16.6 Å². The Morgan fingerprint density at radius 2 is 2.20 bits per heavy atom. The molecule has 4 heteroatoms. The number of aliphatic hydroxyl groups is 1. The lowest BCUT2D eigenvalue weighted by Gasteiger charge is -2.33. The normalized spacial score (nSPS) is 21.9. The van der Waals surface area contributed by atoms with Gasteiger partial charge in [-0.25, -0.2) is 4.98 Å². The maximum atomic E-state index is 10.2. The molecule has 0 spiro atoms. The first-order valence-electron chi connectivity index (χ1n) is 5.27. The van der Waals surface area contributed by atoms with Gasteiger partial charge in [0.2, 0.25) is 0 Å². The molecule has 1 unspecified atom stereocenters. The van der Waals surface area contributed by atoms with Crippen LogP contribution in [0.5, 0.6) is 0 Å². The summed E-state index contributed by atoms with van der Waals surface area (Å²) < 4.78 is 0. The van der Waals surface area contributed by atoms with Crippen molar-refractivity contribution in [3.8, 4) is 6.07 Å². The van der Waals surface area contributed by atoms with Crippen molar-refractivity contribution in [2.24, 2.45) is 5.41 Å². The minimum absolute atomic E-state index is 0.587. The van der Waals surface area contributed by atoms with Crippen LogP contribution in [-0.4, -0.2) is 10.1 Å². The third-order valence-electron chi connectivity index (χ3n) is 3.18. The average molecular weight is 222 g/mol. The molecule has 1 aromatic rings. The number of aromatic nitrogens is 1. The van der Waals surface area contributed by atoms with Crippen LogP contribution in [-0.2, 0) is 0 Å². The van der Waals surface area contributed by atoms with Gasteiger partial charge in [-0.3, -0.25) is 0 Å². The molecule has 0 aliphatic heterocycles. The molecule has 1 atom stereocenters. The average Bonchev–Trinajstić information content (AvgIpc) is 2.82. The van der Waals surface area contributed by atoms with Crippen LogP contribution in [0.4, 0.5) is 0 Å². The van der Waals surface area contributed by atoms with E-state index in [0.29, 0.717) is 5.01 Å². The smallest absolute Gasteiger partial charge is 0.124 e. The maximum Gasteiger partial charge on any atom is 0.124 e. The van der Waals surface area contributed by atoms with Crippen molar-refractivity contribution in [1.29, 1.82) is 5.26 Å². The lowest BCUT2D eigenvalue weighted by Crippen LogP contribution is -2.29. The highest BCUT2D eigenvalue weighted by Gasteiger charge is 2.41. The fourth-order valence-corrected chi connectivity index (χ4v) is 2.97. The summed E-state index contributed by atoms with van der Waals surface area (Å²) in [4.78, 5) is 4.10. The Balaban J connectivity index is 2.23. The molecule has 1 aliphatic carbocycles. The molecular weight excluding hydrogens is 208 g/mol. The molecule has 2 rings (SSSR count). The summed E-state index contributed by atoms with van der Waals surface area (Å²) in [6.45, 7) is 0. The van der Waals surface area contributed by atoms with Gasteiger partial charge in [0.05, 0.1) is 11.5 Å². The molecular formula is C11H14N2OS. The Bertz CT molecular complexity index is 349. The third-order valence-corrected chi connectivity index (χ3v) is 4.01. The molecule has 1 aliphatic rings. The Kier molecular flexibility index (Phi) is 3.03. The van der Waals surface area contributed by atoms with E-state index in [2.05, 4.69) is 11.1 Å². The zero-order valence-corrected chi connectivity index (χ0v) is 9.33. The van der Waals surface area contributed by atoms with Crippen LogP contribution < -0.4 is 0 Å². The van der Waals surface area contributed by atoms with Gasteiger partial charge in [0, 0.05) is 11.6 Å². The third kappa shape index (κ3) is 1.90. The second kappa shape index (κ2) is 4.30. The van der Waals surface area contributed by atoms with Gasteiger partial charge in [0.25, 0.3) is 0 Å². The molecule has 1 aromatic heterocycles.